The molecule has 0 atom stereocenters. The fourth-order valence-corrected chi connectivity index (χ4v) is 1.13. The van der Waals surface area contributed by atoms with Crippen molar-refractivity contribution in [3.05, 3.63) is 48.7 Å². The van der Waals surface area contributed by atoms with Crippen molar-refractivity contribution < 1.29 is 9.47 Å². The Kier molecular flexibility index (Phi) is 2.83. The van der Waals surface area contributed by atoms with E-state index in [1.807, 2.05) is 30.3 Å². The summed E-state index contributed by atoms with van der Waals surface area (Å²) >= 11 is 0. The second-order valence-corrected chi connectivity index (χ2v) is 2.88. The van der Waals surface area contributed by atoms with Crippen molar-refractivity contribution >= 4 is 0 Å². The van der Waals surface area contributed by atoms with E-state index in [4.69, 9.17) is 9.47 Å². The average molecular weight is 200 g/mol. The first-order valence-corrected chi connectivity index (χ1v) is 4.53. The molecular weight excluding hydrogens is 190 g/mol. The second-order valence-electron chi connectivity index (χ2n) is 2.88. The maximum Gasteiger partial charge on any atom is 0.219 e. The Hall–Kier alpha value is -2.03. The van der Waals surface area contributed by atoms with Gasteiger partial charge in [0.1, 0.15) is 11.5 Å². The van der Waals surface area contributed by atoms with Gasteiger partial charge in [0.15, 0.2) is 0 Å². The number of pyridine rings is 1. The molecule has 2 rings (SSSR count). The first kappa shape index (κ1) is 9.52. The Bertz CT molecular complexity index is 411. The van der Waals surface area contributed by atoms with Crippen molar-refractivity contribution in [1.29, 1.82) is 0 Å². The van der Waals surface area contributed by atoms with E-state index < -0.39 is 0 Å². The lowest BCUT2D eigenvalue weighted by Gasteiger charge is -2.04. The Morgan fingerprint density at radius 3 is 2.40 bits per heavy atom. The van der Waals surface area contributed by atoms with Crippen LogP contribution in [0.2, 0.25) is 0 Å². The fourth-order valence-electron chi connectivity index (χ4n) is 1.13. The highest BCUT2D eigenvalue weighted by molar-refractivity contribution is 5.33. The summed E-state index contributed by atoms with van der Waals surface area (Å²) < 4.78 is 10.5. The van der Waals surface area contributed by atoms with Crippen molar-refractivity contribution in [3.8, 4) is 17.4 Å². The molecule has 0 saturated heterocycles. The van der Waals surface area contributed by atoms with Gasteiger partial charge in [0.05, 0.1) is 13.3 Å². The lowest BCUT2D eigenvalue weighted by atomic mass is 10.3. The highest BCUT2D eigenvalue weighted by atomic mass is 16.5. The number of nitrogens with zero attached hydrogens (tertiary/aromatic N) is 1. The van der Waals surface area contributed by atoms with Crippen LogP contribution in [-0.4, -0.2) is 12.1 Å². The van der Waals surface area contributed by atoms with E-state index in [0.29, 0.717) is 5.88 Å². The van der Waals surface area contributed by atoms with Crippen molar-refractivity contribution in [2.75, 3.05) is 7.11 Å². The Balaban J connectivity index is 2.11. The van der Waals surface area contributed by atoms with Gasteiger partial charge in [0, 0.05) is 6.07 Å². The van der Waals surface area contributed by atoms with Crippen LogP contribution in [0, 0.1) is 6.20 Å². The van der Waals surface area contributed by atoms with Gasteiger partial charge in [-0.25, -0.2) is 4.98 Å². The molecule has 3 nitrogen and oxygen atoms in total. The zero-order valence-corrected chi connectivity index (χ0v) is 8.31. The van der Waals surface area contributed by atoms with Crippen molar-refractivity contribution in [2.24, 2.45) is 0 Å². The molecule has 1 aromatic heterocycles. The molecule has 1 radical (unpaired) electrons. The molecule has 1 heterocycles. The Morgan fingerprint density at radius 2 is 1.80 bits per heavy atom. The van der Waals surface area contributed by atoms with E-state index in [0.717, 1.165) is 11.5 Å². The van der Waals surface area contributed by atoms with E-state index in [1.165, 1.54) is 0 Å². The molecule has 0 aliphatic heterocycles. The van der Waals surface area contributed by atoms with Crippen molar-refractivity contribution in [3.63, 3.8) is 0 Å². The summed E-state index contributed by atoms with van der Waals surface area (Å²) in [6.07, 6.45) is 2.70. The van der Waals surface area contributed by atoms with Gasteiger partial charge in [-0.2, -0.15) is 0 Å². The predicted octanol–water partition coefficient (Wildman–Crippen LogP) is 2.68. The molecule has 0 saturated carbocycles. The van der Waals surface area contributed by atoms with Crippen molar-refractivity contribution in [1.82, 2.24) is 4.98 Å². The van der Waals surface area contributed by atoms with Crippen LogP contribution >= 0.6 is 0 Å². The summed E-state index contributed by atoms with van der Waals surface area (Å²) in [5.74, 6) is 2.06. The van der Waals surface area contributed by atoms with Crippen LogP contribution in [0.4, 0.5) is 0 Å². The standard InChI is InChI=1S/C12H10NO2/c1-14-10-5-7-11(8-6-10)15-12-4-2-3-9-13-12/h2-8H,1H3. The van der Waals surface area contributed by atoms with E-state index in [9.17, 15) is 0 Å². The lowest BCUT2D eigenvalue weighted by molar-refractivity contribution is 0.412. The molecular formula is C12H10NO2. The molecule has 0 fully saturated rings. The minimum atomic E-state index is 0.530. The predicted molar refractivity (Wildman–Crippen MR) is 56.1 cm³/mol. The molecule has 75 valence electrons. The number of benzene rings is 1. The molecule has 0 unspecified atom stereocenters. The summed E-state index contributed by atoms with van der Waals surface area (Å²) in [6.45, 7) is 0. The van der Waals surface area contributed by atoms with E-state index in [2.05, 4.69) is 11.2 Å². The molecule has 15 heavy (non-hydrogen) atoms. The van der Waals surface area contributed by atoms with Crippen LogP contribution in [-0.2, 0) is 0 Å². The molecule has 0 N–H and O–H groups in total. The largest absolute Gasteiger partial charge is 0.497 e. The van der Waals surface area contributed by atoms with Crippen LogP contribution in [0.3, 0.4) is 0 Å². The highest BCUT2D eigenvalue weighted by Gasteiger charge is 1.97. The summed E-state index contributed by atoms with van der Waals surface area (Å²) in [5, 5.41) is 0. The fraction of sp³-hybridized carbons (Fsp3) is 0.0833. The third kappa shape index (κ3) is 2.47. The zero-order chi connectivity index (χ0) is 10.5. The van der Waals surface area contributed by atoms with E-state index in [1.54, 1.807) is 19.2 Å². The van der Waals surface area contributed by atoms with Crippen LogP contribution in [0.25, 0.3) is 0 Å². The Morgan fingerprint density at radius 1 is 1.07 bits per heavy atom. The molecule has 0 aliphatic carbocycles. The number of ether oxygens (including phenoxy) is 2. The normalized spacial score (nSPS) is 9.67. The maximum atomic E-state index is 5.48. The van der Waals surface area contributed by atoms with Crippen LogP contribution in [0.15, 0.2) is 42.5 Å². The number of hydrogen-bond donors (Lipinski definition) is 0. The van der Waals surface area contributed by atoms with E-state index >= 15 is 0 Å². The number of rotatable bonds is 3. The maximum absolute atomic E-state index is 5.48. The summed E-state index contributed by atoms with van der Waals surface area (Å²) in [7, 11) is 1.63. The zero-order valence-electron chi connectivity index (χ0n) is 8.31. The molecule has 0 bridgehead atoms. The van der Waals surface area contributed by atoms with Crippen LogP contribution in [0.5, 0.6) is 17.4 Å². The first-order chi connectivity index (χ1) is 7.38. The van der Waals surface area contributed by atoms with Gasteiger partial charge in [-0.15, -0.1) is 0 Å². The topological polar surface area (TPSA) is 31.4 Å². The smallest absolute Gasteiger partial charge is 0.219 e. The summed E-state index contributed by atoms with van der Waals surface area (Å²) in [6, 6.07) is 12.7. The lowest BCUT2D eigenvalue weighted by Crippen LogP contribution is -1.87. The third-order valence-corrected chi connectivity index (χ3v) is 1.87. The van der Waals surface area contributed by atoms with Gasteiger partial charge in [-0.3, -0.25) is 0 Å². The molecule has 3 heteroatoms. The second kappa shape index (κ2) is 4.46. The molecule has 0 spiro atoms. The highest BCUT2D eigenvalue weighted by Crippen LogP contribution is 2.21. The number of hydrogen-bond acceptors (Lipinski definition) is 3. The van der Waals surface area contributed by atoms with Crippen molar-refractivity contribution in [2.45, 2.75) is 0 Å². The summed E-state index contributed by atoms with van der Waals surface area (Å²) in [4.78, 5) is 3.94. The Labute approximate surface area is 88.3 Å². The van der Waals surface area contributed by atoms with Gasteiger partial charge in [-0.1, -0.05) is 6.07 Å². The minimum absolute atomic E-state index is 0.530. The molecule has 0 amide bonds. The quantitative estimate of drug-likeness (QED) is 0.763. The van der Waals surface area contributed by atoms with E-state index in [-0.39, 0.29) is 0 Å². The van der Waals surface area contributed by atoms with Gasteiger partial charge >= 0.3 is 0 Å². The average Bonchev–Trinajstić information content (AvgIpc) is 2.31. The minimum Gasteiger partial charge on any atom is -0.497 e. The third-order valence-electron chi connectivity index (χ3n) is 1.87. The van der Waals surface area contributed by atoms with Crippen LogP contribution in [0.1, 0.15) is 0 Å². The molecule has 0 aliphatic rings. The summed E-state index contributed by atoms with van der Waals surface area (Å²) in [5.41, 5.74) is 0. The number of aromatic nitrogens is 1. The number of methoxy groups -OCH3 is 1. The van der Waals surface area contributed by atoms with Gasteiger partial charge < -0.3 is 9.47 Å². The monoisotopic (exact) mass is 200 g/mol. The molecule has 1 aromatic carbocycles. The molecule has 2 aromatic rings. The van der Waals surface area contributed by atoms with Crippen LogP contribution < -0.4 is 9.47 Å². The SMILES string of the molecule is COc1ccc(Oc2ccc[c]n2)cc1. The first-order valence-electron chi connectivity index (χ1n) is 4.53. The van der Waals surface area contributed by atoms with Gasteiger partial charge in [0.25, 0.3) is 0 Å². The van der Waals surface area contributed by atoms with Gasteiger partial charge in [-0.05, 0) is 30.3 Å². The van der Waals surface area contributed by atoms with Gasteiger partial charge in [0.2, 0.25) is 5.88 Å².